The number of hydrogen-bond donors (Lipinski definition) is 0. The van der Waals surface area contributed by atoms with Crippen LogP contribution in [0.3, 0.4) is 0 Å². The van der Waals surface area contributed by atoms with E-state index in [4.69, 9.17) is 5.26 Å². The molecule has 0 radical (unpaired) electrons. The van der Waals surface area contributed by atoms with Crippen molar-refractivity contribution in [3.8, 4) is 6.07 Å². The molecule has 1 fully saturated rings. The SMILES string of the molecule is N#CC1(CCc2ccc(Br)cc2)CCC1. The summed E-state index contributed by atoms with van der Waals surface area (Å²) >= 11 is 3.42. The third-order valence-corrected chi connectivity index (χ3v) is 3.88. The topological polar surface area (TPSA) is 23.8 Å². The molecule has 1 aliphatic carbocycles. The molecule has 0 spiro atoms. The number of benzene rings is 1. The largest absolute Gasteiger partial charge is 0.198 e. The molecule has 0 saturated heterocycles. The number of nitrogens with zero attached hydrogens (tertiary/aromatic N) is 1. The molecule has 2 heteroatoms. The molecule has 0 aromatic heterocycles. The Morgan fingerprint density at radius 1 is 1.27 bits per heavy atom. The molecule has 1 aromatic rings. The zero-order chi connectivity index (χ0) is 10.7. The van der Waals surface area contributed by atoms with E-state index in [0.29, 0.717) is 0 Å². The number of rotatable bonds is 3. The van der Waals surface area contributed by atoms with Crippen molar-refractivity contribution in [3.05, 3.63) is 34.3 Å². The Bertz CT molecular complexity index is 371. The Morgan fingerprint density at radius 3 is 2.40 bits per heavy atom. The zero-order valence-electron chi connectivity index (χ0n) is 8.67. The minimum absolute atomic E-state index is 0.00702. The summed E-state index contributed by atoms with van der Waals surface area (Å²) in [5, 5.41) is 9.10. The van der Waals surface area contributed by atoms with Gasteiger partial charge >= 0.3 is 0 Å². The molecule has 1 nitrogen and oxygen atoms in total. The molecule has 0 unspecified atom stereocenters. The molecule has 1 saturated carbocycles. The first-order chi connectivity index (χ1) is 7.24. The monoisotopic (exact) mass is 263 g/mol. The maximum atomic E-state index is 9.10. The van der Waals surface area contributed by atoms with Crippen LogP contribution >= 0.6 is 15.9 Å². The Balaban J connectivity index is 1.93. The van der Waals surface area contributed by atoms with E-state index in [1.165, 1.54) is 12.0 Å². The lowest BCUT2D eigenvalue weighted by atomic mass is 9.67. The summed E-state index contributed by atoms with van der Waals surface area (Å²) in [5.74, 6) is 0. The van der Waals surface area contributed by atoms with Crippen LogP contribution in [0.5, 0.6) is 0 Å². The quantitative estimate of drug-likeness (QED) is 0.807. The van der Waals surface area contributed by atoms with Crippen molar-refractivity contribution in [3.63, 3.8) is 0 Å². The summed E-state index contributed by atoms with van der Waals surface area (Å²) in [7, 11) is 0. The smallest absolute Gasteiger partial charge is 0.0689 e. The van der Waals surface area contributed by atoms with Crippen LogP contribution in [0.1, 0.15) is 31.2 Å². The maximum absolute atomic E-state index is 9.10. The first-order valence-electron chi connectivity index (χ1n) is 5.40. The molecule has 1 aromatic carbocycles. The minimum atomic E-state index is 0.00702. The summed E-state index contributed by atoms with van der Waals surface area (Å²) in [6.45, 7) is 0. The van der Waals surface area contributed by atoms with Gasteiger partial charge in [-0.2, -0.15) is 5.26 Å². The fraction of sp³-hybridized carbons (Fsp3) is 0.462. The summed E-state index contributed by atoms with van der Waals surface area (Å²) in [4.78, 5) is 0. The third-order valence-electron chi connectivity index (χ3n) is 3.35. The van der Waals surface area contributed by atoms with Crippen LogP contribution < -0.4 is 0 Å². The number of hydrogen-bond acceptors (Lipinski definition) is 1. The van der Waals surface area contributed by atoms with Gasteiger partial charge in [0.2, 0.25) is 0 Å². The van der Waals surface area contributed by atoms with Crippen molar-refractivity contribution in [2.75, 3.05) is 0 Å². The number of halogens is 1. The fourth-order valence-corrected chi connectivity index (χ4v) is 2.32. The molecule has 0 aliphatic heterocycles. The predicted octanol–water partition coefficient (Wildman–Crippen LogP) is 4.08. The van der Waals surface area contributed by atoms with E-state index < -0.39 is 0 Å². The van der Waals surface area contributed by atoms with Crippen LogP contribution in [-0.2, 0) is 6.42 Å². The van der Waals surface area contributed by atoms with Gasteiger partial charge in [0.1, 0.15) is 0 Å². The molecule has 15 heavy (non-hydrogen) atoms. The van der Waals surface area contributed by atoms with Crippen molar-refractivity contribution in [2.24, 2.45) is 5.41 Å². The first kappa shape index (κ1) is 10.7. The molecule has 0 amide bonds. The van der Waals surface area contributed by atoms with Crippen LogP contribution in [0.2, 0.25) is 0 Å². The van der Waals surface area contributed by atoms with E-state index in [2.05, 4.69) is 46.3 Å². The molecule has 0 heterocycles. The standard InChI is InChI=1S/C13H14BrN/c14-12-4-2-11(3-5-12)6-9-13(10-15)7-1-8-13/h2-5H,1,6-9H2. The van der Waals surface area contributed by atoms with E-state index in [1.54, 1.807) is 0 Å². The van der Waals surface area contributed by atoms with Gasteiger partial charge in [0.05, 0.1) is 11.5 Å². The number of aryl methyl sites for hydroxylation is 1. The number of nitriles is 1. The Morgan fingerprint density at radius 2 is 1.93 bits per heavy atom. The lowest BCUT2D eigenvalue weighted by Crippen LogP contribution is -2.27. The van der Waals surface area contributed by atoms with Gasteiger partial charge < -0.3 is 0 Å². The van der Waals surface area contributed by atoms with Gasteiger partial charge in [-0.1, -0.05) is 34.5 Å². The van der Waals surface area contributed by atoms with E-state index in [0.717, 1.165) is 30.2 Å². The average molecular weight is 264 g/mol. The van der Waals surface area contributed by atoms with Gasteiger partial charge in [-0.15, -0.1) is 0 Å². The molecular formula is C13H14BrN. The van der Waals surface area contributed by atoms with Crippen molar-refractivity contribution < 1.29 is 0 Å². The van der Waals surface area contributed by atoms with Crippen molar-refractivity contribution >= 4 is 15.9 Å². The minimum Gasteiger partial charge on any atom is -0.198 e. The van der Waals surface area contributed by atoms with E-state index >= 15 is 0 Å². The normalized spacial score (nSPS) is 17.9. The van der Waals surface area contributed by atoms with Gasteiger partial charge in [0, 0.05) is 4.47 Å². The van der Waals surface area contributed by atoms with Gasteiger partial charge in [-0.05, 0) is 43.4 Å². The molecule has 0 bridgehead atoms. The van der Waals surface area contributed by atoms with Gasteiger partial charge in [-0.25, -0.2) is 0 Å². The summed E-state index contributed by atoms with van der Waals surface area (Å²) < 4.78 is 1.12. The highest BCUT2D eigenvalue weighted by Gasteiger charge is 2.36. The van der Waals surface area contributed by atoms with Gasteiger partial charge in [-0.3, -0.25) is 0 Å². The second kappa shape index (κ2) is 4.37. The molecule has 0 N–H and O–H groups in total. The summed E-state index contributed by atoms with van der Waals surface area (Å²) in [5.41, 5.74) is 1.34. The van der Waals surface area contributed by atoms with Crippen LogP contribution in [0, 0.1) is 16.7 Å². The van der Waals surface area contributed by atoms with Crippen molar-refractivity contribution in [1.82, 2.24) is 0 Å². The molecule has 78 valence electrons. The van der Waals surface area contributed by atoms with E-state index in [1.807, 2.05) is 0 Å². The van der Waals surface area contributed by atoms with Crippen LogP contribution in [0.25, 0.3) is 0 Å². The summed E-state index contributed by atoms with van der Waals surface area (Å²) in [6, 6.07) is 10.9. The average Bonchev–Trinajstić information content (AvgIpc) is 2.20. The zero-order valence-corrected chi connectivity index (χ0v) is 10.3. The van der Waals surface area contributed by atoms with Crippen molar-refractivity contribution in [1.29, 1.82) is 5.26 Å². The first-order valence-corrected chi connectivity index (χ1v) is 6.19. The van der Waals surface area contributed by atoms with E-state index in [-0.39, 0.29) is 5.41 Å². The van der Waals surface area contributed by atoms with Crippen LogP contribution in [-0.4, -0.2) is 0 Å². The molecule has 1 aliphatic rings. The second-order valence-corrected chi connectivity index (χ2v) is 5.29. The highest BCUT2D eigenvalue weighted by molar-refractivity contribution is 9.10. The maximum Gasteiger partial charge on any atom is 0.0689 e. The lowest BCUT2D eigenvalue weighted by Gasteiger charge is -2.35. The Hall–Kier alpha value is -0.810. The Kier molecular flexibility index (Phi) is 3.11. The van der Waals surface area contributed by atoms with Crippen LogP contribution in [0.15, 0.2) is 28.7 Å². The van der Waals surface area contributed by atoms with Gasteiger partial charge in [0.25, 0.3) is 0 Å². The molecule has 0 atom stereocenters. The molecular weight excluding hydrogens is 250 g/mol. The summed E-state index contributed by atoms with van der Waals surface area (Å²) in [6.07, 6.45) is 5.47. The Labute approximate surface area is 99.2 Å². The van der Waals surface area contributed by atoms with Crippen LogP contribution in [0.4, 0.5) is 0 Å². The lowest BCUT2D eigenvalue weighted by molar-refractivity contribution is 0.198. The third kappa shape index (κ3) is 2.41. The van der Waals surface area contributed by atoms with E-state index in [9.17, 15) is 0 Å². The van der Waals surface area contributed by atoms with Gasteiger partial charge in [0.15, 0.2) is 0 Å². The van der Waals surface area contributed by atoms with Crippen molar-refractivity contribution in [2.45, 2.75) is 32.1 Å². The predicted molar refractivity (Wildman–Crippen MR) is 64.4 cm³/mol. The highest BCUT2D eigenvalue weighted by atomic mass is 79.9. The second-order valence-electron chi connectivity index (χ2n) is 4.37. The highest BCUT2D eigenvalue weighted by Crippen LogP contribution is 2.43. The fourth-order valence-electron chi connectivity index (χ4n) is 2.06. The molecule has 2 rings (SSSR count).